The fraction of sp³-hybridized carbons (Fsp3) is 0.733. The molecule has 0 saturated heterocycles. The number of rotatable bonds is 5. The second kappa shape index (κ2) is 6.85. The van der Waals surface area contributed by atoms with Crippen LogP contribution >= 0.6 is 15.9 Å². The van der Waals surface area contributed by atoms with Gasteiger partial charge >= 0.3 is 0 Å². The second-order valence-electron chi connectivity index (χ2n) is 5.78. The third-order valence-electron chi connectivity index (χ3n) is 4.48. The Bertz CT molecular complexity index is 476. The molecule has 2 rings (SSSR count). The van der Waals surface area contributed by atoms with E-state index >= 15 is 0 Å². The highest BCUT2D eigenvalue weighted by Gasteiger charge is 2.27. The predicted octanol–water partition coefficient (Wildman–Crippen LogP) is 2.62. The number of ketones is 1. The van der Waals surface area contributed by atoms with Crippen molar-refractivity contribution in [3.8, 4) is 0 Å². The summed E-state index contributed by atoms with van der Waals surface area (Å²) < 4.78 is 2.85. The van der Waals surface area contributed by atoms with Gasteiger partial charge in [0.15, 0.2) is 0 Å². The first-order valence-electron chi connectivity index (χ1n) is 7.49. The lowest BCUT2D eigenvalue weighted by Crippen LogP contribution is -2.27. The highest BCUT2D eigenvalue weighted by atomic mass is 79.9. The van der Waals surface area contributed by atoms with Gasteiger partial charge in [-0.3, -0.25) is 9.48 Å². The molecule has 20 heavy (non-hydrogen) atoms. The molecule has 0 radical (unpaired) electrons. The van der Waals surface area contributed by atoms with E-state index in [0.717, 1.165) is 54.5 Å². The quantitative estimate of drug-likeness (QED) is 0.895. The summed E-state index contributed by atoms with van der Waals surface area (Å²) >= 11 is 3.58. The fourth-order valence-electron chi connectivity index (χ4n) is 3.04. The van der Waals surface area contributed by atoms with E-state index in [1.807, 2.05) is 11.7 Å². The highest BCUT2D eigenvalue weighted by molar-refractivity contribution is 9.10. The lowest BCUT2D eigenvalue weighted by Gasteiger charge is -2.26. The first kappa shape index (κ1) is 15.7. The molecule has 1 saturated carbocycles. The van der Waals surface area contributed by atoms with E-state index in [2.05, 4.69) is 28.0 Å². The van der Waals surface area contributed by atoms with Crippen LogP contribution in [0.1, 0.15) is 44.0 Å². The Labute approximate surface area is 129 Å². The summed E-state index contributed by atoms with van der Waals surface area (Å²) in [5.74, 6) is 1.19. The van der Waals surface area contributed by atoms with Gasteiger partial charge in [-0.15, -0.1) is 0 Å². The third-order valence-corrected chi connectivity index (χ3v) is 5.40. The zero-order valence-electron chi connectivity index (χ0n) is 12.4. The van der Waals surface area contributed by atoms with Crippen molar-refractivity contribution in [2.24, 2.45) is 24.6 Å². The van der Waals surface area contributed by atoms with E-state index in [-0.39, 0.29) is 5.92 Å². The van der Waals surface area contributed by atoms with E-state index in [1.54, 1.807) is 0 Å². The number of aromatic nitrogens is 2. The molecule has 0 aliphatic heterocycles. The van der Waals surface area contributed by atoms with Crippen LogP contribution in [0.3, 0.4) is 0 Å². The monoisotopic (exact) mass is 341 g/mol. The Morgan fingerprint density at radius 2 is 2.05 bits per heavy atom. The molecule has 1 aromatic rings. The van der Waals surface area contributed by atoms with Gasteiger partial charge < -0.3 is 5.73 Å². The molecule has 0 amide bonds. The summed E-state index contributed by atoms with van der Waals surface area (Å²) in [7, 11) is 1.91. The largest absolute Gasteiger partial charge is 0.330 e. The van der Waals surface area contributed by atoms with E-state index in [4.69, 9.17) is 5.73 Å². The first-order chi connectivity index (χ1) is 9.56. The van der Waals surface area contributed by atoms with Crippen molar-refractivity contribution in [2.75, 3.05) is 6.54 Å². The Morgan fingerprint density at radius 3 is 2.55 bits per heavy atom. The summed E-state index contributed by atoms with van der Waals surface area (Å²) in [4.78, 5) is 12.5. The van der Waals surface area contributed by atoms with Crippen LogP contribution in [0.2, 0.25) is 0 Å². The molecule has 1 aliphatic rings. The normalized spacial score (nSPS) is 23.0. The van der Waals surface area contributed by atoms with Gasteiger partial charge in [-0.05, 0) is 60.5 Å². The maximum Gasteiger partial charge on any atom is 0.141 e. The van der Waals surface area contributed by atoms with Gasteiger partial charge in [-0.1, -0.05) is 6.92 Å². The Balaban J connectivity index is 2.00. The molecule has 0 unspecified atom stereocenters. The van der Waals surface area contributed by atoms with Gasteiger partial charge in [0, 0.05) is 19.4 Å². The second-order valence-corrected chi connectivity index (χ2v) is 6.57. The van der Waals surface area contributed by atoms with Crippen LogP contribution in [0, 0.1) is 11.8 Å². The molecule has 0 spiro atoms. The lowest BCUT2D eigenvalue weighted by atomic mass is 9.79. The average molecular weight is 342 g/mol. The number of halogens is 1. The van der Waals surface area contributed by atoms with E-state index < -0.39 is 0 Å². The number of carbonyl (C=O) groups is 1. The first-order valence-corrected chi connectivity index (χ1v) is 8.29. The standard InChI is InChI=1S/C15H24BrN3O/c1-3-12-15(16)13(19(2)18-12)8-14(20)11-6-4-10(9-17)5-7-11/h10-11H,3-9,17H2,1-2H3. The molecular weight excluding hydrogens is 318 g/mol. The number of Topliss-reactive ketones (excluding diaryl/α,β-unsaturated/α-hetero) is 1. The summed E-state index contributed by atoms with van der Waals surface area (Å²) in [6.45, 7) is 2.83. The van der Waals surface area contributed by atoms with Crippen molar-refractivity contribution in [1.82, 2.24) is 9.78 Å². The number of nitrogens with zero attached hydrogens (tertiary/aromatic N) is 2. The van der Waals surface area contributed by atoms with Crippen molar-refractivity contribution in [1.29, 1.82) is 0 Å². The Morgan fingerprint density at radius 1 is 1.40 bits per heavy atom. The summed E-state index contributed by atoms with van der Waals surface area (Å²) in [5.41, 5.74) is 7.74. The number of hydrogen-bond acceptors (Lipinski definition) is 3. The molecule has 2 N–H and O–H groups in total. The molecule has 5 heteroatoms. The maximum atomic E-state index is 12.5. The van der Waals surface area contributed by atoms with Gasteiger partial charge in [0.2, 0.25) is 0 Å². The number of carbonyl (C=O) groups excluding carboxylic acids is 1. The van der Waals surface area contributed by atoms with Gasteiger partial charge in [0.25, 0.3) is 0 Å². The molecule has 0 aromatic carbocycles. The molecule has 0 bridgehead atoms. The maximum absolute atomic E-state index is 12.5. The van der Waals surface area contributed by atoms with Crippen LogP contribution in [0.5, 0.6) is 0 Å². The van der Waals surface area contributed by atoms with Crippen LogP contribution in [0.25, 0.3) is 0 Å². The Kier molecular flexibility index (Phi) is 5.38. The minimum absolute atomic E-state index is 0.213. The van der Waals surface area contributed by atoms with Crippen molar-refractivity contribution < 1.29 is 4.79 Å². The van der Waals surface area contributed by atoms with Crippen LogP contribution in [-0.4, -0.2) is 22.1 Å². The smallest absolute Gasteiger partial charge is 0.141 e. The van der Waals surface area contributed by atoms with Gasteiger partial charge in [-0.2, -0.15) is 5.10 Å². The summed E-state index contributed by atoms with van der Waals surface area (Å²) in [6, 6.07) is 0. The molecular formula is C15H24BrN3O. The van der Waals surface area contributed by atoms with Crippen molar-refractivity contribution in [3.63, 3.8) is 0 Å². The zero-order chi connectivity index (χ0) is 14.7. The van der Waals surface area contributed by atoms with Crippen LogP contribution in [-0.2, 0) is 24.7 Å². The molecule has 112 valence electrons. The van der Waals surface area contributed by atoms with Crippen LogP contribution in [0.4, 0.5) is 0 Å². The zero-order valence-corrected chi connectivity index (χ0v) is 13.9. The fourth-order valence-corrected chi connectivity index (χ4v) is 3.80. The SMILES string of the molecule is CCc1nn(C)c(CC(=O)C2CCC(CN)CC2)c1Br. The molecule has 1 fully saturated rings. The van der Waals surface area contributed by atoms with Crippen LogP contribution < -0.4 is 5.73 Å². The third kappa shape index (κ3) is 3.31. The van der Waals surface area contributed by atoms with Gasteiger partial charge in [-0.25, -0.2) is 0 Å². The summed E-state index contributed by atoms with van der Waals surface area (Å²) in [6.07, 6.45) is 5.55. The number of hydrogen-bond donors (Lipinski definition) is 1. The van der Waals surface area contributed by atoms with Gasteiger partial charge in [0.05, 0.1) is 15.9 Å². The molecule has 1 heterocycles. The molecule has 1 aromatic heterocycles. The lowest BCUT2D eigenvalue weighted by molar-refractivity contribution is -0.123. The topological polar surface area (TPSA) is 60.9 Å². The minimum atomic E-state index is 0.213. The Hall–Kier alpha value is -0.680. The average Bonchev–Trinajstić information content (AvgIpc) is 2.74. The van der Waals surface area contributed by atoms with Crippen molar-refractivity contribution >= 4 is 21.7 Å². The van der Waals surface area contributed by atoms with E-state index in [1.165, 1.54) is 0 Å². The molecule has 0 atom stereocenters. The van der Waals surface area contributed by atoms with Crippen molar-refractivity contribution in [2.45, 2.75) is 45.4 Å². The van der Waals surface area contributed by atoms with E-state index in [0.29, 0.717) is 18.1 Å². The molecule has 4 nitrogen and oxygen atoms in total. The van der Waals surface area contributed by atoms with Crippen molar-refractivity contribution in [3.05, 3.63) is 15.9 Å². The van der Waals surface area contributed by atoms with Gasteiger partial charge in [0.1, 0.15) is 5.78 Å². The minimum Gasteiger partial charge on any atom is -0.330 e. The summed E-state index contributed by atoms with van der Waals surface area (Å²) in [5, 5.41) is 4.45. The highest BCUT2D eigenvalue weighted by Crippen LogP contribution is 2.30. The number of nitrogens with two attached hydrogens (primary N) is 1. The van der Waals surface area contributed by atoms with Crippen LogP contribution in [0.15, 0.2) is 4.47 Å². The van der Waals surface area contributed by atoms with E-state index in [9.17, 15) is 4.79 Å². The molecule has 1 aliphatic carbocycles. The number of aryl methyl sites for hydroxylation is 2. The predicted molar refractivity (Wildman–Crippen MR) is 83.5 cm³/mol.